The lowest BCUT2D eigenvalue weighted by molar-refractivity contribution is 0.567. The van der Waals surface area contributed by atoms with E-state index in [1.54, 1.807) is 0 Å². The van der Waals surface area contributed by atoms with Crippen molar-refractivity contribution in [2.24, 2.45) is 0 Å². The van der Waals surface area contributed by atoms with Crippen LogP contribution in [0.15, 0.2) is 128 Å². The van der Waals surface area contributed by atoms with Crippen LogP contribution in [0.4, 0.5) is 17.8 Å². The van der Waals surface area contributed by atoms with Crippen LogP contribution < -0.4 is 14.7 Å². The molecule has 9 nitrogen and oxygen atoms in total. The van der Waals surface area contributed by atoms with Crippen molar-refractivity contribution in [3.05, 3.63) is 162 Å². The molecule has 9 rings (SSSR count). The summed E-state index contributed by atoms with van der Waals surface area (Å²) in [5.41, 5.74) is 7.45. The van der Waals surface area contributed by atoms with Crippen LogP contribution >= 0.6 is 0 Å². The first-order chi connectivity index (χ1) is 29.5. The average molecular weight is 802 g/mol. The second-order valence-corrected chi connectivity index (χ2v) is 16.5. The fraction of sp³-hybridized carbons (Fsp3) is 0.412. The van der Waals surface area contributed by atoms with Gasteiger partial charge < -0.3 is 14.7 Å². The molecular weight excluding hydrogens is 739 g/mol. The van der Waals surface area contributed by atoms with Gasteiger partial charge in [0.1, 0.15) is 0 Å². The molecule has 0 radical (unpaired) electrons. The summed E-state index contributed by atoms with van der Waals surface area (Å²) in [6.45, 7) is 13.2. The lowest BCUT2D eigenvalue weighted by atomic mass is 9.96. The van der Waals surface area contributed by atoms with E-state index in [1.165, 1.54) is 91.2 Å². The van der Waals surface area contributed by atoms with Gasteiger partial charge in [-0.1, -0.05) is 112 Å². The number of piperidine rings is 3. The number of anilines is 3. The fourth-order valence-corrected chi connectivity index (χ4v) is 8.24. The summed E-state index contributed by atoms with van der Waals surface area (Å²) in [6.07, 6.45) is 23.4. The van der Waals surface area contributed by atoms with Gasteiger partial charge in [0.2, 0.25) is 17.8 Å². The number of hydrogen-bond acceptors (Lipinski definition) is 9. The molecule has 312 valence electrons. The molecule has 0 bridgehead atoms. The smallest absolute Gasteiger partial charge is 0.225 e. The number of hydrogen-bond donors (Lipinski definition) is 0. The Hall–Kier alpha value is -5.70. The van der Waals surface area contributed by atoms with E-state index in [4.69, 9.17) is 0 Å². The summed E-state index contributed by atoms with van der Waals surface area (Å²) in [6, 6.07) is 31.5. The molecule has 0 saturated carbocycles. The second-order valence-electron chi connectivity index (χ2n) is 16.5. The monoisotopic (exact) mass is 802 g/mol. The molecular formula is C51H63N9. The van der Waals surface area contributed by atoms with Crippen molar-refractivity contribution in [3.63, 3.8) is 0 Å². The van der Waals surface area contributed by atoms with Crippen LogP contribution in [0, 0.1) is 0 Å². The Labute approximate surface area is 358 Å². The van der Waals surface area contributed by atoms with E-state index in [0.717, 1.165) is 57.1 Å². The summed E-state index contributed by atoms with van der Waals surface area (Å²) < 4.78 is 0. The maximum atomic E-state index is 4.56. The molecule has 3 aliphatic rings. The maximum absolute atomic E-state index is 4.56. The Morgan fingerprint density at radius 3 is 0.733 bits per heavy atom. The van der Waals surface area contributed by atoms with Gasteiger partial charge in [0, 0.05) is 94.2 Å². The fourth-order valence-electron chi connectivity index (χ4n) is 8.24. The molecule has 1 unspecified atom stereocenters. The van der Waals surface area contributed by atoms with Gasteiger partial charge in [0.25, 0.3) is 0 Å². The van der Waals surface area contributed by atoms with E-state index in [2.05, 4.69) is 138 Å². The third kappa shape index (κ3) is 11.7. The molecule has 3 atom stereocenters. The van der Waals surface area contributed by atoms with Crippen molar-refractivity contribution in [1.29, 1.82) is 0 Å². The Kier molecular flexibility index (Phi) is 15.6. The van der Waals surface area contributed by atoms with Crippen molar-refractivity contribution >= 4 is 17.8 Å². The highest BCUT2D eigenvalue weighted by Crippen LogP contribution is 2.27. The molecule has 0 amide bonds. The van der Waals surface area contributed by atoms with Crippen LogP contribution in [0.1, 0.15) is 130 Å². The van der Waals surface area contributed by atoms with Crippen LogP contribution in [0.3, 0.4) is 0 Å². The Morgan fingerprint density at radius 2 is 0.517 bits per heavy atom. The largest absolute Gasteiger partial charge is 0.341 e. The van der Waals surface area contributed by atoms with Crippen molar-refractivity contribution in [2.45, 2.75) is 96.3 Å². The normalized spacial score (nSPS) is 16.9. The van der Waals surface area contributed by atoms with Gasteiger partial charge in [-0.05, 0) is 91.2 Å². The van der Waals surface area contributed by atoms with Crippen LogP contribution in [0.25, 0.3) is 0 Å². The lowest BCUT2D eigenvalue weighted by Gasteiger charge is -2.26. The van der Waals surface area contributed by atoms with Crippen LogP contribution in [0.5, 0.6) is 0 Å². The van der Waals surface area contributed by atoms with Gasteiger partial charge >= 0.3 is 0 Å². The maximum Gasteiger partial charge on any atom is 0.225 e. The minimum absolute atomic E-state index is 0.339. The van der Waals surface area contributed by atoms with Crippen molar-refractivity contribution in [3.8, 4) is 0 Å². The van der Waals surface area contributed by atoms with Gasteiger partial charge in [-0.15, -0.1) is 0 Å². The van der Waals surface area contributed by atoms with Gasteiger partial charge in [-0.2, -0.15) is 0 Å². The Bertz CT molecular complexity index is 1830. The van der Waals surface area contributed by atoms with E-state index in [0.29, 0.717) is 17.8 Å². The van der Waals surface area contributed by atoms with E-state index < -0.39 is 0 Å². The molecule has 3 aromatic heterocycles. The molecule has 6 heterocycles. The number of nitrogens with zero attached hydrogens (tertiary/aromatic N) is 9. The summed E-state index contributed by atoms with van der Waals surface area (Å²) >= 11 is 0. The van der Waals surface area contributed by atoms with E-state index in [9.17, 15) is 0 Å². The Morgan fingerprint density at radius 1 is 0.300 bits per heavy atom. The zero-order chi connectivity index (χ0) is 41.4. The zero-order valence-electron chi connectivity index (χ0n) is 36.0. The predicted molar refractivity (Wildman–Crippen MR) is 246 cm³/mol. The molecule has 3 aliphatic heterocycles. The van der Waals surface area contributed by atoms with Crippen LogP contribution in [-0.4, -0.2) is 69.2 Å². The molecule has 0 N–H and O–H groups in total. The summed E-state index contributed by atoms with van der Waals surface area (Å²) in [5.74, 6) is 3.67. The molecule has 0 aliphatic carbocycles. The first-order valence-electron chi connectivity index (χ1n) is 22.4. The molecule has 3 fully saturated rings. The van der Waals surface area contributed by atoms with Gasteiger partial charge in [0.05, 0.1) is 0 Å². The van der Waals surface area contributed by atoms with Gasteiger partial charge in [0.15, 0.2) is 0 Å². The second kappa shape index (κ2) is 22.1. The topological polar surface area (TPSA) is 87.1 Å². The van der Waals surface area contributed by atoms with E-state index in [1.807, 2.05) is 55.4 Å². The highest BCUT2D eigenvalue weighted by Gasteiger charge is 2.18. The highest BCUT2D eigenvalue weighted by molar-refractivity contribution is 5.37. The minimum Gasteiger partial charge on any atom is -0.341 e. The molecule has 3 saturated heterocycles. The first-order valence-corrected chi connectivity index (χ1v) is 22.4. The first kappa shape index (κ1) is 42.4. The summed E-state index contributed by atoms with van der Waals surface area (Å²) in [5, 5.41) is 0. The number of benzene rings is 3. The SMILES string of the molecule is CC(c1ccccc1)c1cnc(N2CCCCC2)nc1.C[C@@H](c1ccccc1)c1cnc(N2CCCCC2)nc1.C[C@H](c1ccccc1)c1cnc(N2CCCCC2)nc1. The molecule has 60 heavy (non-hydrogen) atoms. The predicted octanol–water partition coefficient (Wildman–Crippen LogP) is 10.9. The lowest BCUT2D eigenvalue weighted by Crippen LogP contribution is -2.30. The van der Waals surface area contributed by atoms with Crippen molar-refractivity contribution in [1.82, 2.24) is 29.9 Å². The number of aromatic nitrogens is 6. The number of rotatable bonds is 9. The minimum atomic E-state index is 0.339. The average Bonchev–Trinajstić information content (AvgIpc) is 3.35. The van der Waals surface area contributed by atoms with Gasteiger partial charge in [-0.25, -0.2) is 29.9 Å². The molecule has 9 heteroatoms. The zero-order valence-corrected chi connectivity index (χ0v) is 36.0. The molecule has 3 aromatic carbocycles. The van der Waals surface area contributed by atoms with Crippen molar-refractivity contribution in [2.75, 3.05) is 54.0 Å². The molecule has 0 spiro atoms. The highest BCUT2D eigenvalue weighted by atomic mass is 15.3. The summed E-state index contributed by atoms with van der Waals surface area (Å²) in [7, 11) is 0. The third-order valence-corrected chi connectivity index (χ3v) is 12.3. The van der Waals surface area contributed by atoms with Crippen molar-refractivity contribution < 1.29 is 0 Å². The standard InChI is InChI=1S/3C17H21N3/c3*1-14(15-8-4-2-5-9-15)16-12-18-17(19-13-16)20-10-6-3-7-11-20/h3*2,4-5,8-9,12-14H,3,6-7,10-11H2,1H3/t2*14-;/m10./s1. The van der Waals surface area contributed by atoms with E-state index >= 15 is 0 Å². The third-order valence-electron chi connectivity index (χ3n) is 12.3. The Balaban J connectivity index is 0.000000136. The quantitative estimate of drug-likeness (QED) is 0.142. The molecule has 6 aromatic rings. The van der Waals surface area contributed by atoms with E-state index in [-0.39, 0.29) is 0 Å². The van der Waals surface area contributed by atoms with Crippen LogP contribution in [0.2, 0.25) is 0 Å². The van der Waals surface area contributed by atoms with Gasteiger partial charge in [-0.3, -0.25) is 0 Å². The van der Waals surface area contributed by atoms with Crippen LogP contribution in [-0.2, 0) is 0 Å². The summed E-state index contributed by atoms with van der Waals surface area (Å²) in [4.78, 5) is 34.3.